The second kappa shape index (κ2) is 6.15. The number of nitrogens with one attached hydrogen (secondary N) is 1. The molecule has 0 spiro atoms. The molecule has 1 aromatic rings. The van der Waals surface area contributed by atoms with Crippen LogP contribution in [0.4, 0.5) is 11.4 Å². The molecule has 6 heteroatoms. The molecule has 0 heterocycles. The van der Waals surface area contributed by atoms with Crippen LogP contribution in [-0.2, 0) is 0 Å². The lowest BCUT2D eigenvalue weighted by molar-refractivity contribution is -0.384. The van der Waals surface area contributed by atoms with Crippen LogP contribution in [0.3, 0.4) is 0 Å². The Morgan fingerprint density at radius 2 is 2.18 bits per heavy atom. The number of aliphatic hydroxyl groups excluding tert-OH is 1. The predicted molar refractivity (Wildman–Crippen MR) is 75.1 cm³/mol. The Morgan fingerprint density at radius 3 is 2.65 bits per heavy atom. The van der Waals surface area contributed by atoms with Gasteiger partial charge in [-0.3, -0.25) is 10.1 Å². The van der Waals surface area contributed by atoms with E-state index in [1.54, 1.807) is 12.1 Å². The van der Waals surface area contributed by atoms with Crippen molar-refractivity contribution in [1.82, 2.24) is 0 Å². The molecule has 0 aliphatic heterocycles. The lowest BCUT2D eigenvalue weighted by atomic mass is 10.0. The average Bonchev–Trinajstić information content (AvgIpc) is 2.26. The summed E-state index contributed by atoms with van der Waals surface area (Å²) in [4.78, 5) is 10.5. The van der Waals surface area contributed by atoms with Crippen LogP contribution in [0.5, 0.6) is 0 Å². The second-order valence-corrected chi connectivity index (χ2v) is 5.34. The van der Waals surface area contributed by atoms with Crippen molar-refractivity contribution in [3.05, 3.63) is 31.9 Å². The van der Waals surface area contributed by atoms with Gasteiger partial charge in [0.1, 0.15) is 5.69 Å². The zero-order valence-corrected chi connectivity index (χ0v) is 11.8. The third-order valence-corrected chi connectivity index (χ3v) is 3.17. The van der Waals surface area contributed by atoms with E-state index >= 15 is 0 Å². The van der Waals surface area contributed by atoms with Gasteiger partial charge in [0.15, 0.2) is 0 Å². The average molecular weight is 350 g/mol. The van der Waals surface area contributed by atoms with Gasteiger partial charge in [-0.25, -0.2) is 0 Å². The van der Waals surface area contributed by atoms with E-state index in [4.69, 9.17) is 0 Å². The van der Waals surface area contributed by atoms with Gasteiger partial charge in [-0.15, -0.1) is 0 Å². The van der Waals surface area contributed by atoms with Crippen LogP contribution in [0, 0.1) is 19.6 Å². The molecule has 0 fully saturated rings. The maximum absolute atomic E-state index is 10.9. The van der Waals surface area contributed by atoms with E-state index in [-0.39, 0.29) is 24.3 Å². The van der Waals surface area contributed by atoms with E-state index < -0.39 is 4.92 Å². The largest absolute Gasteiger partial charge is 0.394 e. The van der Waals surface area contributed by atoms with Crippen LogP contribution in [0.2, 0.25) is 0 Å². The Labute approximate surface area is 114 Å². The third-order valence-electron chi connectivity index (χ3n) is 2.50. The summed E-state index contributed by atoms with van der Waals surface area (Å²) >= 11 is 2.03. The molecule has 94 valence electrons. The van der Waals surface area contributed by atoms with Gasteiger partial charge in [-0.2, -0.15) is 0 Å². The number of nitro benzene ring substituents is 1. The number of benzene rings is 1. The fourth-order valence-electron chi connectivity index (χ4n) is 1.40. The van der Waals surface area contributed by atoms with Crippen LogP contribution < -0.4 is 5.32 Å². The van der Waals surface area contributed by atoms with Crippen LogP contribution in [-0.4, -0.2) is 22.7 Å². The molecule has 0 aromatic heterocycles. The number of rotatable bonds is 5. The quantitative estimate of drug-likeness (QED) is 0.486. The molecule has 0 saturated heterocycles. The molecule has 0 radical (unpaired) electrons. The molecule has 1 unspecified atom stereocenters. The number of anilines is 1. The number of nitrogens with zero attached hydrogens (tertiary/aromatic N) is 1. The highest BCUT2D eigenvalue weighted by Crippen LogP contribution is 2.27. The monoisotopic (exact) mass is 350 g/mol. The summed E-state index contributed by atoms with van der Waals surface area (Å²) in [5.74, 6) is 0.193. The molecule has 1 rings (SSSR count). The molecule has 1 aromatic carbocycles. The predicted octanol–water partition coefficient (Wildman–Crippen LogP) is 2.63. The number of halogens is 1. The van der Waals surface area contributed by atoms with Crippen molar-refractivity contribution >= 4 is 34.0 Å². The van der Waals surface area contributed by atoms with Crippen LogP contribution in [0.25, 0.3) is 0 Å². The van der Waals surface area contributed by atoms with Gasteiger partial charge in [0.25, 0.3) is 5.69 Å². The zero-order chi connectivity index (χ0) is 13.0. The van der Waals surface area contributed by atoms with Gasteiger partial charge in [0.05, 0.1) is 17.6 Å². The minimum absolute atomic E-state index is 0.0380. The maximum atomic E-state index is 10.9. The summed E-state index contributed by atoms with van der Waals surface area (Å²) in [6, 6.07) is 4.79. The Bertz CT molecular complexity index is 410. The third kappa shape index (κ3) is 3.81. The summed E-state index contributed by atoms with van der Waals surface area (Å²) < 4.78 is 0.810. The summed E-state index contributed by atoms with van der Waals surface area (Å²) in [6.07, 6.45) is 0. The van der Waals surface area contributed by atoms with Crippen molar-refractivity contribution in [2.45, 2.75) is 19.9 Å². The number of nitro groups is 1. The van der Waals surface area contributed by atoms with Crippen LogP contribution >= 0.6 is 22.6 Å². The van der Waals surface area contributed by atoms with E-state index in [1.165, 1.54) is 6.07 Å². The Kier molecular flexibility index (Phi) is 5.13. The molecule has 5 nitrogen and oxygen atoms in total. The highest BCUT2D eigenvalue weighted by atomic mass is 127. The van der Waals surface area contributed by atoms with Gasteiger partial charge in [0.2, 0.25) is 0 Å². The standard InChI is InChI=1S/C11H15IN2O3/c1-7(2)10(6-15)13-9-4-3-8(12)5-11(9)14(16)17/h3-5,7,10,13,15H,6H2,1-2H3. The number of hydrogen-bond acceptors (Lipinski definition) is 4. The highest BCUT2D eigenvalue weighted by Gasteiger charge is 2.19. The van der Waals surface area contributed by atoms with Crippen molar-refractivity contribution in [2.75, 3.05) is 11.9 Å². The first kappa shape index (κ1) is 14.2. The molecular formula is C11H15IN2O3. The maximum Gasteiger partial charge on any atom is 0.293 e. The summed E-state index contributed by atoms with van der Waals surface area (Å²) in [5, 5.41) is 23.1. The SMILES string of the molecule is CC(C)C(CO)Nc1ccc(I)cc1[N+](=O)[O-]. The normalized spacial score (nSPS) is 12.5. The number of hydrogen-bond donors (Lipinski definition) is 2. The van der Waals surface area contributed by atoms with Crippen molar-refractivity contribution < 1.29 is 10.0 Å². The fourth-order valence-corrected chi connectivity index (χ4v) is 1.88. The smallest absolute Gasteiger partial charge is 0.293 e. The molecule has 0 aliphatic rings. The van der Waals surface area contributed by atoms with Gasteiger partial charge in [-0.05, 0) is 40.6 Å². The first-order valence-electron chi connectivity index (χ1n) is 5.27. The lowest BCUT2D eigenvalue weighted by Gasteiger charge is -2.21. The summed E-state index contributed by atoms with van der Waals surface area (Å²) in [7, 11) is 0. The molecule has 17 heavy (non-hydrogen) atoms. The van der Waals surface area contributed by atoms with E-state index in [9.17, 15) is 15.2 Å². The molecule has 0 bridgehead atoms. The molecule has 2 N–H and O–H groups in total. The lowest BCUT2D eigenvalue weighted by Crippen LogP contribution is -2.29. The molecule has 0 aliphatic carbocycles. The minimum atomic E-state index is -0.417. The van der Waals surface area contributed by atoms with Crippen molar-refractivity contribution in [2.24, 2.45) is 5.92 Å². The summed E-state index contributed by atoms with van der Waals surface area (Å²) in [5.41, 5.74) is 0.485. The van der Waals surface area contributed by atoms with E-state index in [0.717, 1.165) is 3.57 Å². The molecule has 0 amide bonds. The van der Waals surface area contributed by atoms with E-state index in [1.807, 2.05) is 36.4 Å². The summed E-state index contributed by atoms with van der Waals surface area (Å²) in [6.45, 7) is 3.85. The minimum Gasteiger partial charge on any atom is -0.394 e. The van der Waals surface area contributed by atoms with Crippen LogP contribution in [0.15, 0.2) is 18.2 Å². The Morgan fingerprint density at radius 1 is 1.53 bits per heavy atom. The topological polar surface area (TPSA) is 75.4 Å². The highest BCUT2D eigenvalue weighted by molar-refractivity contribution is 14.1. The van der Waals surface area contributed by atoms with E-state index in [2.05, 4.69) is 5.32 Å². The molecule has 1 atom stereocenters. The van der Waals surface area contributed by atoms with Gasteiger partial charge >= 0.3 is 0 Å². The first-order valence-corrected chi connectivity index (χ1v) is 6.35. The van der Waals surface area contributed by atoms with Crippen LogP contribution in [0.1, 0.15) is 13.8 Å². The van der Waals surface area contributed by atoms with Gasteiger partial charge < -0.3 is 10.4 Å². The van der Waals surface area contributed by atoms with E-state index in [0.29, 0.717) is 5.69 Å². The fraction of sp³-hybridized carbons (Fsp3) is 0.455. The molecule has 0 saturated carbocycles. The van der Waals surface area contributed by atoms with Crippen molar-refractivity contribution in [3.8, 4) is 0 Å². The zero-order valence-electron chi connectivity index (χ0n) is 9.68. The second-order valence-electron chi connectivity index (χ2n) is 4.10. The van der Waals surface area contributed by atoms with Gasteiger partial charge in [0, 0.05) is 9.64 Å². The molecular weight excluding hydrogens is 335 g/mol. The van der Waals surface area contributed by atoms with Crippen molar-refractivity contribution in [1.29, 1.82) is 0 Å². The Balaban J connectivity index is 3.01. The first-order chi connectivity index (χ1) is 7.95. The number of aliphatic hydroxyl groups is 1. The Hall–Kier alpha value is -0.890. The van der Waals surface area contributed by atoms with Crippen molar-refractivity contribution in [3.63, 3.8) is 0 Å². The van der Waals surface area contributed by atoms with Gasteiger partial charge in [-0.1, -0.05) is 13.8 Å².